The lowest BCUT2D eigenvalue weighted by molar-refractivity contribution is 1.15. The molecule has 0 bridgehead atoms. The fraction of sp³-hybridized carbons (Fsp3) is 0.364. The molecule has 12 heavy (non-hydrogen) atoms. The highest BCUT2D eigenvalue weighted by molar-refractivity contribution is 5.37. The zero-order chi connectivity index (χ0) is 9.14. The lowest BCUT2D eigenvalue weighted by atomic mass is 9.98. The zero-order valence-electron chi connectivity index (χ0n) is 7.73. The second-order valence-electron chi connectivity index (χ2n) is 3.07. The second-order valence-corrected chi connectivity index (χ2v) is 3.07. The van der Waals surface area contributed by atoms with Gasteiger partial charge in [-0.2, -0.15) is 5.26 Å². The number of aryl methyl sites for hydroxylation is 3. The predicted molar refractivity (Wildman–Crippen MR) is 48.8 cm³/mol. The maximum atomic E-state index is 8.57. The molecule has 0 N–H and O–H groups in total. The number of hydrogen-bond acceptors (Lipinski definition) is 1. The lowest BCUT2D eigenvalue weighted by Gasteiger charge is -2.06. The molecule has 1 nitrogen and oxygen atoms in total. The third kappa shape index (κ3) is 1.65. The minimum atomic E-state index is 0.494. The lowest BCUT2D eigenvalue weighted by Crippen LogP contribution is -1.93. The van der Waals surface area contributed by atoms with E-state index in [1.165, 1.54) is 5.56 Å². The molecule has 1 radical (unpaired) electrons. The molecule has 0 fully saturated rings. The molecule has 0 unspecified atom stereocenters. The summed E-state index contributed by atoms with van der Waals surface area (Å²) in [7, 11) is 0. The summed E-state index contributed by atoms with van der Waals surface area (Å²) in [6.07, 6.45) is 0.494. The fourth-order valence-electron chi connectivity index (χ4n) is 1.47. The molecule has 1 rings (SSSR count). The van der Waals surface area contributed by atoms with E-state index in [0.29, 0.717) is 6.42 Å². The molecule has 1 heteroatoms. The molecule has 0 heterocycles. The highest BCUT2D eigenvalue weighted by Gasteiger charge is 2.02. The van der Waals surface area contributed by atoms with E-state index in [-0.39, 0.29) is 0 Å². The van der Waals surface area contributed by atoms with Crippen LogP contribution in [0, 0.1) is 38.2 Å². The Morgan fingerprint density at radius 3 is 2.58 bits per heavy atom. The Kier molecular flexibility index (Phi) is 2.50. The van der Waals surface area contributed by atoms with Crippen molar-refractivity contribution in [3.8, 4) is 6.07 Å². The Morgan fingerprint density at radius 1 is 1.42 bits per heavy atom. The van der Waals surface area contributed by atoms with Gasteiger partial charge in [0.05, 0.1) is 12.5 Å². The maximum absolute atomic E-state index is 8.57. The van der Waals surface area contributed by atoms with E-state index in [2.05, 4.69) is 18.2 Å². The van der Waals surface area contributed by atoms with Crippen molar-refractivity contribution < 1.29 is 0 Å². The van der Waals surface area contributed by atoms with Crippen LogP contribution in [-0.2, 0) is 6.42 Å². The third-order valence-electron chi connectivity index (χ3n) is 2.00. The molecule has 0 atom stereocenters. The Hall–Kier alpha value is -1.29. The zero-order valence-corrected chi connectivity index (χ0v) is 7.73. The highest BCUT2D eigenvalue weighted by atomic mass is 14.2. The molecule has 0 aromatic heterocycles. The van der Waals surface area contributed by atoms with Gasteiger partial charge < -0.3 is 0 Å². The van der Waals surface area contributed by atoms with Crippen molar-refractivity contribution in [3.05, 3.63) is 34.4 Å². The van der Waals surface area contributed by atoms with E-state index in [0.717, 1.165) is 16.7 Å². The summed E-state index contributed by atoms with van der Waals surface area (Å²) < 4.78 is 0. The number of benzene rings is 1. The molecular formula is C11H12N. The first-order chi connectivity index (χ1) is 5.65. The van der Waals surface area contributed by atoms with Crippen LogP contribution < -0.4 is 0 Å². The van der Waals surface area contributed by atoms with Gasteiger partial charge in [-0.15, -0.1) is 0 Å². The van der Waals surface area contributed by atoms with Gasteiger partial charge in [-0.25, -0.2) is 0 Å². The van der Waals surface area contributed by atoms with Crippen LogP contribution in [-0.4, -0.2) is 0 Å². The van der Waals surface area contributed by atoms with Gasteiger partial charge in [-0.1, -0.05) is 6.07 Å². The van der Waals surface area contributed by atoms with Gasteiger partial charge in [0.25, 0.3) is 0 Å². The fourth-order valence-corrected chi connectivity index (χ4v) is 1.47. The van der Waals surface area contributed by atoms with E-state index in [4.69, 9.17) is 5.26 Å². The predicted octanol–water partition coefficient (Wildman–Crippen LogP) is 2.48. The van der Waals surface area contributed by atoms with Gasteiger partial charge in [-0.3, -0.25) is 0 Å². The largest absolute Gasteiger partial charge is 0.198 e. The first kappa shape index (κ1) is 8.80. The Bertz CT molecular complexity index is 308. The van der Waals surface area contributed by atoms with Gasteiger partial charge in [0.2, 0.25) is 0 Å². The van der Waals surface area contributed by atoms with Crippen LogP contribution >= 0.6 is 0 Å². The molecule has 61 valence electrons. The van der Waals surface area contributed by atoms with Crippen molar-refractivity contribution in [3.63, 3.8) is 0 Å². The van der Waals surface area contributed by atoms with Crippen molar-refractivity contribution in [2.24, 2.45) is 0 Å². The SMILES string of the molecule is Cc1[c]c(C)c(CC#N)c(C)c1. The first-order valence-corrected chi connectivity index (χ1v) is 4.01. The summed E-state index contributed by atoms with van der Waals surface area (Å²) in [5.74, 6) is 0. The summed E-state index contributed by atoms with van der Waals surface area (Å²) in [6.45, 7) is 6.07. The Labute approximate surface area is 73.6 Å². The topological polar surface area (TPSA) is 23.8 Å². The average Bonchev–Trinajstić information content (AvgIpc) is 1.96. The van der Waals surface area contributed by atoms with E-state index < -0.39 is 0 Å². The molecule has 1 aromatic carbocycles. The summed E-state index contributed by atoms with van der Waals surface area (Å²) in [6, 6.07) is 7.45. The summed E-state index contributed by atoms with van der Waals surface area (Å²) in [5.41, 5.74) is 4.58. The molecule has 0 aliphatic carbocycles. The van der Waals surface area contributed by atoms with E-state index in [1.807, 2.05) is 20.8 Å². The van der Waals surface area contributed by atoms with Crippen LogP contribution in [0.25, 0.3) is 0 Å². The summed E-state index contributed by atoms with van der Waals surface area (Å²) >= 11 is 0. The van der Waals surface area contributed by atoms with Crippen LogP contribution in [0.1, 0.15) is 22.3 Å². The van der Waals surface area contributed by atoms with Crippen molar-refractivity contribution in [2.45, 2.75) is 27.2 Å². The van der Waals surface area contributed by atoms with Crippen molar-refractivity contribution in [1.82, 2.24) is 0 Å². The molecule has 0 saturated carbocycles. The average molecular weight is 158 g/mol. The standard InChI is InChI=1S/C11H12N/c1-8-6-9(2)11(4-5-12)10(3)7-8/h6H,4H2,1-3H3. The normalized spacial score (nSPS) is 9.50. The van der Waals surface area contributed by atoms with Crippen molar-refractivity contribution in [2.75, 3.05) is 0 Å². The molecular weight excluding hydrogens is 146 g/mol. The number of nitrogens with zero attached hydrogens (tertiary/aromatic N) is 1. The van der Waals surface area contributed by atoms with E-state index in [9.17, 15) is 0 Å². The van der Waals surface area contributed by atoms with Crippen LogP contribution in [0.4, 0.5) is 0 Å². The van der Waals surface area contributed by atoms with Crippen molar-refractivity contribution in [1.29, 1.82) is 5.26 Å². The van der Waals surface area contributed by atoms with Gasteiger partial charge in [0.15, 0.2) is 0 Å². The first-order valence-electron chi connectivity index (χ1n) is 4.01. The molecule has 0 spiro atoms. The summed E-state index contributed by atoms with van der Waals surface area (Å²) in [5, 5.41) is 8.57. The molecule has 1 aromatic rings. The number of rotatable bonds is 1. The van der Waals surface area contributed by atoms with Crippen molar-refractivity contribution >= 4 is 0 Å². The number of nitriles is 1. The molecule has 0 aliphatic heterocycles. The molecule has 0 amide bonds. The Balaban J connectivity index is 3.21. The van der Waals surface area contributed by atoms with E-state index >= 15 is 0 Å². The maximum Gasteiger partial charge on any atom is 0.0669 e. The minimum Gasteiger partial charge on any atom is -0.198 e. The van der Waals surface area contributed by atoms with Gasteiger partial charge >= 0.3 is 0 Å². The monoisotopic (exact) mass is 158 g/mol. The third-order valence-corrected chi connectivity index (χ3v) is 2.00. The summed E-state index contributed by atoms with van der Waals surface area (Å²) in [4.78, 5) is 0. The van der Waals surface area contributed by atoms with Gasteiger partial charge in [0.1, 0.15) is 0 Å². The van der Waals surface area contributed by atoms with E-state index in [1.54, 1.807) is 0 Å². The quantitative estimate of drug-likeness (QED) is 0.616. The number of hydrogen-bond donors (Lipinski definition) is 0. The van der Waals surface area contributed by atoms with Gasteiger partial charge in [-0.05, 0) is 49.1 Å². The van der Waals surface area contributed by atoms with Crippen LogP contribution in [0.3, 0.4) is 0 Å². The van der Waals surface area contributed by atoms with Crippen LogP contribution in [0.5, 0.6) is 0 Å². The highest BCUT2D eigenvalue weighted by Crippen LogP contribution is 2.15. The smallest absolute Gasteiger partial charge is 0.0669 e. The molecule has 0 saturated heterocycles. The van der Waals surface area contributed by atoms with Crippen LogP contribution in [0.2, 0.25) is 0 Å². The second kappa shape index (κ2) is 3.40. The van der Waals surface area contributed by atoms with Crippen LogP contribution in [0.15, 0.2) is 6.07 Å². The molecule has 0 aliphatic rings. The minimum absolute atomic E-state index is 0.494. The van der Waals surface area contributed by atoms with Gasteiger partial charge in [0, 0.05) is 0 Å². The Morgan fingerprint density at radius 2 is 2.08 bits per heavy atom.